The van der Waals surface area contributed by atoms with Gasteiger partial charge in [0.1, 0.15) is 11.0 Å². The number of benzene rings is 2. The molecule has 1 N–H and O–H groups in total. The van der Waals surface area contributed by atoms with E-state index in [0.29, 0.717) is 12.3 Å². The number of hydrogen-bond donors (Lipinski definition) is 1. The number of thioether (sulfide) groups is 1. The lowest BCUT2D eigenvalue weighted by Gasteiger charge is -2.13. The summed E-state index contributed by atoms with van der Waals surface area (Å²) in [5.41, 5.74) is 0.581. The Morgan fingerprint density at radius 1 is 1.14 bits per heavy atom. The summed E-state index contributed by atoms with van der Waals surface area (Å²) < 4.78 is 35.0. The van der Waals surface area contributed by atoms with E-state index in [1.165, 1.54) is 36.0 Å². The zero-order valence-electron chi connectivity index (χ0n) is 20.3. The van der Waals surface area contributed by atoms with Gasteiger partial charge in [-0.3, -0.25) is 14.5 Å². The number of rotatable bonds is 13. The van der Waals surface area contributed by atoms with Gasteiger partial charge in [0.15, 0.2) is 5.17 Å². The van der Waals surface area contributed by atoms with E-state index in [2.05, 4.69) is 23.2 Å². The number of nitrogens with zero attached hydrogens (tertiary/aromatic N) is 2. The van der Waals surface area contributed by atoms with Gasteiger partial charge < -0.3 is 10.1 Å². The molecule has 10 heteroatoms. The smallest absolute Gasteiger partial charge is 0.284 e. The van der Waals surface area contributed by atoms with Gasteiger partial charge in [0, 0.05) is 18.7 Å². The van der Waals surface area contributed by atoms with Crippen LogP contribution in [0.2, 0.25) is 0 Å². The van der Waals surface area contributed by atoms with Gasteiger partial charge in [0.25, 0.3) is 10.0 Å². The van der Waals surface area contributed by atoms with Gasteiger partial charge in [0.05, 0.1) is 11.5 Å². The van der Waals surface area contributed by atoms with Crippen LogP contribution >= 0.6 is 11.8 Å². The number of amides is 2. The van der Waals surface area contributed by atoms with Crippen LogP contribution in [0.3, 0.4) is 0 Å². The molecule has 1 fully saturated rings. The summed E-state index contributed by atoms with van der Waals surface area (Å²) >= 11 is 0.963. The molecule has 2 aromatic carbocycles. The van der Waals surface area contributed by atoms with E-state index in [9.17, 15) is 18.0 Å². The lowest BCUT2D eigenvalue weighted by molar-refractivity contribution is -0.127. The molecule has 1 heterocycles. The first kappa shape index (κ1) is 27.5. The largest absolute Gasteiger partial charge is 0.494 e. The fraction of sp³-hybridized carbons (Fsp3) is 0.346. The Morgan fingerprint density at radius 2 is 1.86 bits per heavy atom. The lowest BCUT2D eigenvalue weighted by atomic mass is 10.2. The SMILES string of the molecule is C=CCN1C(=O)C(CC(=O)Nc2ccc(OCCCCCC)cc2)S/C1=N/S(=O)(=O)c1ccccc1. The number of ether oxygens (including phenoxy) is 1. The van der Waals surface area contributed by atoms with Crippen LogP contribution in [0.4, 0.5) is 5.69 Å². The van der Waals surface area contributed by atoms with Crippen LogP contribution in [0.1, 0.15) is 39.0 Å². The van der Waals surface area contributed by atoms with Crippen LogP contribution in [0.25, 0.3) is 0 Å². The maximum absolute atomic E-state index is 12.9. The van der Waals surface area contributed by atoms with Crippen molar-refractivity contribution in [2.45, 2.75) is 49.2 Å². The first-order valence-corrected chi connectivity index (χ1v) is 14.2. The highest BCUT2D eigenvalue weighted by molar-refractivity contribution is 8.16. The van der Waals surface area contributed by atoms with Crippen molar-refractivity contribution in [2.24, 2.45) is 4.40 Å². The van der Waals surface area contributed by atoms with Crippen molar-refractivity contribution in [3.63, 3.8) is 0 Å². The minimum absolute atomic E-state index is 0.0266. The fourth-order valence-electron chi connectivity index (χ4n) is 3.49. The monoisotopic (exact) mass is 529 g/mol. The average molecular weight is 530 g/mol. The van der Waals surface area contributed by atoms with Gasteiger partial charge in [-0.25, -0.2) is 0 Å². The van der Waals surface area contributed by atoms with Crippen LogP contribution in [0.15, 0.2) is 76.5 Å². The molecule has 192 valence electrons. The Bertz CT molecular complexity index is 1180. The van der Waals surface area contributed by atoms with E-state index in [4.69, 9.17) is 4.74 Å². The normalized spacial score (nSPS) is 16.8. The molecule has 1 unspecified atom stereocenters. The summed E-state index contributed by atoms with van der Waals surface area (Å²) in [5, 5.41) is 2.02. The van der Waals surface area contributed by atoms with Gasteiger partial charge in [-0.2, -0.15) is 8.42 Å². The lowest BCUT2D eigenvalue weighted by Crippen LogP contribution is -2.33. The first-order valence-electron chi connectivity index (χ1n) is 11.9. The summed E-state index contributed by atoms with van der Waals surface area (Å²) in [6, 6.07) is 14.8. The highest BCUT2D eigenvalue weighted by Gasteiger charge is 2.39. The van der Waals surface area contributed by atoms with E-state index >= 15 is 0 Å². The van der Waals surface area contributed by atoms with Crippen LogP contribution in [-0.2, 0) is 19.6 Å². The Hall–Kier alpha value is -3.11. The molecular formula is C26H31N3O5S2. The zero-order chi connectivity index (χ0) is 26.0. The van der Waals surface area contributed by atoms with Crippen molar-refractivity contribution >= 4 is 44.5 Å². The topological polar surface area (TPSA) is 105 Å². The summed E-state index contributed by atoms with van der Waals surface area (Å²) in [5.74, 6) is -0.0183. The second-order valence-electron chi connectivity index (χ2n) is 8.19. The number of carbonyl (C=O) groups excluding carboxylic acids is 2. The Labute approximate surface area is 216 Å². The number of anilines is 1. The molecule has 0 radical (unpaired) electrons. The molecule has 0 spiro atoms. The maximum atomic E-state index is 12.9. The quantitative estimate of drug-likeness (QED) is 0.294. The minimum Gasteiger partial charge on any atom is -0.494 e. The highest BCUT2D eigenvalue weighted by Crippen LogP contribution is 2.31. The third kappa shape index (κ3) is 7.69. The molecule has 0 saturated carbocycles. The van der Waals surface area contributed by atoms with E-state index < -0.39 is 15.3 Å². The molecule has 0 aromatic heterocycles. The molecule has 2 aromatic rings. The Balaban J connectivity index is 1.61. The summed E-state index contributed by atoms with van der Waals surface area (Å²) in [4.78, 5) is 26.8. The van der Waals surface area contributed by atoms with Crippen LogP contribution < -0.4 is 10.1 Å². The van der Waals surface area contributed by atoms with Gasteiger partial charge >= 0.3 is 0 Å². The third-order valence-corrected chi connectivity index (χ3v) is 7.92. The van der Waals surface area contributed by atoms with E-state index in [-0.39, 0.29) is 34.8 Å². The average Bonchev–Trinajstić information content (AvgIpc) is 3.14. The van der Waals surface area contributed by atoms with Gasteiger partial charge in [0.2, 0.25) is 11.8 Å². The number of nitrogens with one attached hydrogen (secondary N) is 1. The molecule has 0 aliphatic carbocycles. The number of hydrogen-bond acceptors (Lipinski definition) is 6. The number of unbranched alkanes of at least 4 members (excludes halogenated alkanes) is 3. The summed E-state index contributed by atoms with van der Waals surface area (Å²) in [6.07, 6.45) is 5.86. The third-order valence-electron chi connectivity index (χ3n) is 5.35. The van der Waals surface area contributed by atoms with Gasteiger partial charge in [-0.05, 0) is 42.8 Å². The first-order chi connectivity index (χ1) is 17.3. The maximum Gasteiger partial charge on any atom is 0.284 e. The van der Waals surface area contributed by atoms with Crippen LogP contribution in [0.5, 0.6) is 5.75 Å². The Kier molecular flexibility index (Phi) is 10.1. The summed E-state index contributed by atoms with van der Waals surface area (Å²) in [7, 11) is -4.01. The fourth-order valence-corrected chi connectivity index (χ4v) is 5.87. The Morgan fingerprint density at radius 3 is 2.53 bits per heavy atom. The number of amidine groups is 1. The molecule has 1 aliphatic rings. The molecule has 1 atom stereocenters. The molecule has 1 aliphatic heterocycles. The van der Waals surface area contributed by atoms with Crippen molar-refractivity contribution in [2.75, 3.05) is 18.5 Å². The predicted octanol–water partition coefficient (Wildman–Crippen LogP) is 4.85. The molecule has 3 rings (SSSR count). The summed E-state index contributed by atoms with van der Waals surface area (Å²) in [6.45, 7) is 6.53. The van der Waals surface area contributed by atoms with Crippen molar-refractivity contribution in [3.8, 4) is 5.75 Å². The van der Waals surface area contributed by atoms with Gasteiger partial charge in [-0.15, -0.1) is 11.0 Å². The number of sulfonamides is 1. The van der Waals surface area contributed by atoms with E-state index in [0.717, 1.165) is 30.4 Å². The minimum atomic E-state index is -4.01. The van der Waals surface area contributed by atoms with Crippen molar-refractivity contribution in [3.05, 3.63) is 67.3 Å². The second-order valence-corrected chi connectivity index (χ2v) is 11.0. The molecule has 8 nitrogen and oxygen atoms in total. The predicted molar refractivity (Wildman–Crippen MR) is 144 cm³/mol. The molecule has 1 saturated heterocycles. The standard InChI is InChI=1S/C26H31N3O5S2/c1-3-5-6-10-18-34-21-15-13-20(14-16-21)27-24(30)19-23-25(31)29(17-4-2)26(35-23)28-36(32,33)22-11-8-7-9-12-22/h4,7-9,11-16,23H,2-3,5-6,10,17-19H2,1H3,(H,27,30)/b28-26+. The van der Waals surface area contributed by atoms with Crippen molar-refractivity contribution in [1.29, 1.82) is 0 Å². The van der Waals surface area contributed by atoms with E-state index in [1.807, 2.05) is 0 Å². The van der Waals surface area contributed by atoms with Crippen LogP contribution in [-0.4, -0.2) is 48.7 Å². The van der Waals surface area contributed by atoms with Crippen LogP contribution in [0, 0.1) is 0 Å². The molecule has 2 amide bonds. The van der Waals surface area contributed by atoms with Crippen molar-refractivity contribution in [1.82, 2.24) is 4.90 Å². The molecular weight excluding hydrogens is 498 g/mol. The zero-order valence-corrected chi connectivity index (χ0v) is 21.9. The number of carbonyl (C=O) groups is 2. The highest BCUT2D eigenvalue weighted by atomic mass is 32.2. The van der Waals surface area contributed by atoms with E-state index in [1.54, 1.807) is 42.5 Å². The second kappa shape index (κ2) is 13.3. The van der Waals surface area contributed by atoms with Crippen molar-refractivity contribution < 1.29 is 22.7 Å². The van der Waals surface area contributed by atoms with Gasteiger partial charge in [-0.1, -0.05) is 62.2 Å². The molecule has 0 bridgehead atoms. The molecule has 36 heavy (non-hydrogen) atoms.